The average Bonchev–Trinajstić information content (AvgIpc) is 2.68. The van der Waals surface area contributed by atoms with Gasteiger partial charge in [-0.3, -0.25) is 9.69 Å². The maximum atomic E-state index is 12.6. The van der Waals surface area contributed by atoms with E-state index in [-0.39, 0.29) is 5.56 Å². The van der Waals surface area contributed by atoms with Crippen molar-refractivity contribution in [2.45, 2.75) is 30.4 Å². The van der Waals surface area contributed by atoms with Crippen LogP contribution in [0.2, 0.25) is 0 Å². The van der Waals surface area contributed by atoms with E-state index in [1.54, 1.807) is 11.8 Å². The molecular formula is C21H21N3OS. The highest BCUT2D eigenvalue weighted by atomic mass is 32.2. The van der Waals surface area contributed by atoms with Gasteiger partial charge in [-0.15, -0.1) is 0 Å². The summed E-state index contributed by atoms with van der Waals surface area (Å²) in [5.41, 5.74) is 4.27. The Bertz CT molecular complexity index is 925. The Morgan fingerprint density at radius 2 is 1.69 bits per heavy atom. The van der Waals surface area contributed by atoms with Crippen molar-refractivity contribution in [3.63, 3.8) is 0 Å². The van der Waals surface area contributed by atoms with Crippen molar-refractivity contribution >= 4 is 11.8 Å². The number of nitrogens with zero attached hydrogens (tertiary/aromatic N) is 2. The van der Waals surface area contributed by atoms with Gasteiger partial charge in [-0.05, 0) is 11.1 Å². The lowest BCUT2D eigenvalue weighted by Gasteiger charge is -2.27. The summed E-state index contributed by atoms with van der Waals surface area (Å²) in [6.45, 7) is 2.46. The second-order valence-electron chi connectivity index (χ2n) is 6.52. The average molecular weight is 363 g/mol. The first-order valence-electron chi connectivity index (χ1n) is 8.83. The van der Waals surface area contributed by atoms with Crippen LogP contribution in [0.5, 0.6) is 0 Å². The number of thioether (sulfide) groups is 1. The van der Waals surface area contributed by atoms with Crippen molar-refractivity contribution in [1.29, 1.82) is 0 Å². The molecule has 3 aromatic rings. The van der Waals surface area contributed by atoms with Crippen LogP contribution in [0.3, 0.4) is 0 Å². The Kier molecular flexibility index (Phi) is 5.18. The van der Waals surface area contributed by atoms with E-state index >= 15 is 0 Å². The molecule has 26 heavy (non-hydrogen) atoms. The molecule has 1 N–H and O–H groups in total. The van der Waals surface area contributed by atoms with Gasteiger partial charge in [0, 0.05) is 31.8 Å². The molecule has 4 rings (SSSR count). The lowest BCUT2D eigenvalue weighted by atomic mass is 10.1. The third-order valence-corrected chi connectivity index (χ3v) is 5.54. The highest BCUT2D eigenvalue weighted by molar-refractivity contribution is 7.98. The number of rotatable bonds is 5. The molecule has 0 saturated carbocycles. The molecule has 0 fully saturated rings. The van der Waals surface area contributed by atoms with Crippen LogP contribution in [0, 0.1) is 0 Å². The molecular weight excluding hydrogens is 342 g/mol. The predicted molar refractivity (Wildman–Crippen MR) is 105 cm³/mol. The summed E-state index contributed by atoms with van der Waals surface area (Å²) < 4.78 is 0. The van der Waals surface area contributed by atoms with Gasteiger partial charge in [-0.25, -0.2) is 4.98 Å². The van der Waals surface area contributed by atoms with Gasteiger partial charge in [0.1, 0.15) is 0 Å². The summed E-state index contributed by atoms with van der Waals surface area (Å²) in [7, 11) is 0. The normalized spacial score (nSPS) is 14.2. The Hall–Kier alpha value is -2.37. The van der Waals surface area contributed by atoms with E-state index in [1.807, 2.05) is 24.3 Å². The number of H-pyrrole nitrogens is 1. The molecule has 4 nitrogen and oxygen atoms in total. The summed E-state index contributed by atoms with van der Waals surface area (Å²) in [6, 6.07) is 20.6. The van der Waals surface area contributed by atoms with Gasteiger partial charge in [0.2, 0.25) is 0 Å². The zero-order valence-corrected chi connectivity index (χ0v) is 15.3. The van der Waals surface area contributed by atoms with Gasteiger partial charge in [0.25, 0.3) is 5.56 Å². The maximum Gasteiger partial charge on any atom is 0.256 e. The lowest BCUT2D eigenvalue weighted by Crippen LogP contribution is -2.35. The first-order valence-corrected chi connectivity index (χ1v) is 9.81. The van der Waals surface area contributed by atoms with Crippen LogP contribution in [0.4, 0.5) is 0 Å². The summed E-state index contributed by atoms with van der Waals surface area (Å²) in [5, 5.41) is 0.717. The van der Waals surface area contributed by atoms with Gasteiger partial charge in [0.05, 0.1) is 11.3 Å². The van der Waals surface area contributed by atoms with Crippen molar-refractivity contribution in [2.75, 3.05) is 6.54 Å². The fourth-order valence-corrected chi connectivity index (χ4v) is 4.06. The molecule has 0 saturated heterocycles. The predicted octanol–water partition coefficient (Wildman–Crippen LogP) is 3.62. The molecule has 0 aliphatic carbocycles. The number of hydrogen-bond acceptors (Lipinski definition) is 4. The third kappa shape index (κ3) is 4.06. The van der Waals surface area contributed by atoms with Gasteiger partial charge in [-0.2, -0.15) is 0 Å². The second-order valence-corrected chi connectivity index (χ2v) is 7.48. The summed E-state index contributed by atoms with van der Waals surface area (Å²) in [5.74, 6) is 0.808. The number of hydrogen-bond donors (Lipinski definition) is 1. The number of aromatic nitrogens is 2. The van der Waals surface area contributed by atoms with E-state index < -0.39 is 0 Å². The Labute approximate surface area is 157 Å². The largest absolute Gasteiger partial charge is 0.301 e. The van der Waals surface area contributed by atoms with Crippen LogP contribution in [-0.4, -0.2) is 21.4 Å². The van der Waals surface area contributed by atoms with Crippen LogP contribution in [0.25, 0.3) is 0 Å². The van der Waals surface area contributed by atoms with Crippen molar-refractivity contribution < 1.29 is 0 Å². The molecule has 2 aromatic carbocycles. The number of fused-ring (bicyclic) bond motifs is 1. The molecule has 132 valence electrons. The fraction of sp³-hybridized carbons (Fsp3) is 0.238. The van der Waals surface area contributed by atoms with E-state index in [2.05, 4.69) is 46.3 Å². The molecule has 0 atom stereocenters. The third-order valence-electron chi connectivity index (χ3n) is 4.59. The maximum absolute atomic E-state index is 12.6. The molecule has 1 aliphatic rings. The van der Waals surface area contributed by atoms with Crippen molar-refractivity contribution in [1.82, 2.24) is 14.9 Å². The smallest absolute Gasteiger partial charge is 0.256 e. The van der Waals surface area contributed by atoms with Crippen molar-refractivity contribution in [3.05, 3.63) is 93.4 Å². The van der Waals surface area contributed by atoms with E-state index in [9.17, 15) is 4.79 Å². The molecule has 1 aromatic heterocycles. The molecule has 0 amide bonds. The second kappa shape index (κ2) is 7.89. The van der Waals surface area contributed by atoms with Crippen molar-refractivity contribution in [2.24, 2.45) is 0 Å². The fourth-order valence-electron chi connectivity index (χ4n) is 3.23. The molecule has 1 aliphatic heterocycles. The molecule has 0 bridgehead atoms. The number of aromatic amines is 1. The SMILES string of the molecule is O=c1[nH]c(SCc2ccccc2)nc2c1CN(Cc1ccccc1)CC2. The van der Waals surface area contributed by atoms with E-state index in [0.29, 0.717) is 11.7 Å². The van der Waals surface area contributed by atoms with E-state index in [1.165, 1.54) is 11.1 Å². The summed E-state index contributed by atoms with van der Waals surface area (Å²) in [4.78, 5) is 22.5. The van der Waals surface area contributed by atoms with Gasteiger partial charge >= 0.3 is 0 Å². The zero-order valence-electron chi connectivity index (χ0n) is 14.5. The number of benzene rings is 2. The minimum absolute atomic E-state index is 0.00308. The Morgan fingerprint density at radius 3 is 2.42 bits per heavy atom. The van der Waals surface area contributed by atoms with Gasteiger partial charge in [0.15, 0.2) is 5.16 Å². The van der Waals surface area contributed by atoms with Crippen LogP contribution >= 0.6 is 11.8 Å². The quantitative estimate of drug-likeness (QED) is 0.556. The van der Waals surface area contributed by atoms with E-state index in [4.69, 9.17) is 4.98 Å². The topological polar surface area (TPSA) is 49.0 Å². The standard InChI is InChI=1S/C21H21N3OS/c25-20-18-14-24(13-16-7-3-1-4-8-16)12-11-19(18)22-21(23-20)26-15-17-9-5-2-6-10-17/h1-10H,11-15H2,(H,22,23,25). The van der Waals surface area contributed by atoms with Crippen LogP contribution in [-0.2, 0) is 25.3 Å². The lowest BCUT2D eigenvalue weighted by molar-refractivity contribution is 0.241. The molecule has 5 heteroatoms. The molecule has 2 heterocycles. The van der Waals surface area contributed by atoms with Crippen LogP contribution in [0.1, 0.15) is 22.4 Å². The van der Waals surface area contributed by atoms with Crippen molar-refractivity contribution in [3.8, 4) is 0 Å². The highest BCUT2D eigenvalue weighted by Crippen LogP contribution is 2.21. The molecule has 0 unspecified atom stereocenters. The Morgan fingerprint density at radius 1 is 1.00 bits per heavy atom. The minimum Gasteiger partial charge on any atom is -0.301 e. The molecule has 0 spiro atoms. The van der Waals surface area contributed by atoms with Gasteiger partial charge in [-0.1, -0.05) is 72.4 Å². The Balaban J connectivity index is 1.46. The monoisotopic (exact) mass is 363 g/mol. The van der Waals surface area contributed by atoms with Gasteiger partial charge < -0.3 is 4.98 Å². The van der Waals surface area contributed by atoms with Crippen LogP contribution < -0.4 is 5.56 Å². The minimum atomic E-state index is 0.00308. The van der Waals surface area contributed by atoms with Crippen LogP contribution in [0.15, 0.2) is 70.6 Å². The zero-order chi connectivity index (χ0) is 17.8. The molecule has 0 radical (unpaired) electrons. The van der Waals surface area contributed by atoms with E-state index in [0.717, 1.165) is 36.5 Å². The number of nitrogens with one attached hydrogen (secondary N) is 1. The summed E-state index contributed by atoms with van der Waals surface area (Å²) >= 11 is 1.58. The first-order chi connectivity index (χ1) is 12.8. The summed E-state index contributed by atoms with van der Waals surface area (Å²) in [6.07, 6.45) is 0.824. The first kappa shape index (κ1) is 17.1. The highest BCUT2D eigenvalue weighted by Gasteiger charge is 2.21.